The molecule has 21 heavy (non-hydrogen) atoms. The molecule has 0 spiro atoms. The van der Waals surface area contributed by atoms with Crippen LogP contribution >= 0.6 is 0 Å². The van der Waals surface area contributed by atoms with Crippen molar-refractivity contribution >= 4 is 0 Å². The third-order valence-electron chi connectivity index (χ3n) is 6.13. The molecule has 2 unspecified atom stereocenters. The van der Waals surface area contributed by atoms with Gasteiger partial charge in [0.25, 0.3) is 0 Å². The first-order valence-electron chi connectivity index (χ1n) is 9.62. The van der Waals surface area contributed by atoms with Gasteiger partial charge in [-0.1, -0.05) is 39.5 Å². The van der Waals surface area contributed by atoms with E-state index in [0.717, 1.165) is 12.0 Å². The topological polar surface area (TPSA) is 15.3 Å². The van der Waals surface area contributed by atoms with Crippen LogP contribution in [0.3, 0.4) is 0 Å². The molecule has 1 heterocycles. The third-order valence-corrected chi connectivity index (χ3v) is 6.13. The molecule has 0 aromatic carbocycles. The highest BCUT2D eigenvalue weighted by Crippen LogP contribution is 2.37. The molecule has 1 saturated heterocycles. The average molecular weight is 295 g/mol. The van der Waals surface area contributed by atoms with E-state index in [1.54, 1.807) is 0 Å². The molecule has 0 aromatic rings. The molecule has 0 amide bonds. The maximum Gasteiger partial charge on any atom is 0.00928 e. The Balaban J connectivity index is 1.99. The molecule has 0 bridgehead atoms. The van der Waals surface area contributed by atoms with Crippen LogP contribution in [0, 0.1) is 11.3 Å². The van der Waals surface area contributed by atoms with Crippen LogP contribution in [0.5, 0.6) is 0 Å². The van der Waals surface area contributed by atoms with Crippen LogP contribution in [0.2, 0.25) is 0 Å². The zero-order valence-corrected chi connectivity index (χ0v) is 14.8. The summed E-state index contributed by atoms with van der Waals surface area (Å²) in [5, 5.41) is 3.76. The fraction of sp³-hybridized carbons (Fsp3) is 1.00. The van der Waals surface area contributed by atoms with Crippen molar-refractivity contribution in [2.45, 2.75) is 84.6 Å². The van der Waals surface area contributed by atoms with Crippen molar-refractivity contribution in [3.8, 4) is 0 Å². The van der Waals surface area contributed by atoms with E-state index in [9.17, 15) is 0 Å². The van der Waals surface area contributed by atoms with Gasteiger partial charge in [0, 0.05) is 19.1 Å². The molecule has 0 radical (unpaired) electrons. The van der Waals surface area contributed by atoms with Gasteiger partial charge in [0.2, 0.25) is 0 Å². The number of hydrogen-bond acceptors (Lipinski definition) is 2. The minimum Gasteiger partial charge on any atom is -0.316 e. The maximum absolute atomic E-state index is 3.76. The zero-order chi connectivity index (χ0) is 15.1. The highest BCUT2D eigenvalue weighted by molar-refractivity contribution is 4.90. The van der Waals surface area contributed by atoms with Crippen molar-refractivity contribution < 1.29 is 0 Å². The van der Waals surface area contributed by atoms with Crippen molar-refractivity contribution in [3.63, 3.8) is 0 Å². The largest absolute Gasteiger partial charge is 0.316 e. The van der Waals surface area contributed by atoms with Gasteiger partial charge >= 0.3 is 0 Å². The lowest BCUT2D eigenvalue weighted by atomic mass is 9.78. The van der Waals surface area contributed by atoms with Crippen LogP contribution in [0.15, 0.2) is 0 Å². The van der Waals surface area contributed by atoms with Gasteiger partial charge in [0.05, 0.1) is 0 Å². The van der Waals surface area contributed by atoms with Crippen LogP contribution in [-0.2, 0) is 0 Å². The smallest absolute Gasteiger partial charge is 0.00928 e. The second kappa shape index (κ2) is 8.53. The monoisotopic (exact) mass is 294 g/mol. The van der Waals surface area contributed by atoms with E-state index in [0.29, 0.717) is 5.41 Å². The molecular formula is C19H38N2. The maximum atomic E-state index is 3.76. The van der Waals surface area contributed by atoms with Gasteiger partial charge in [0.15, 0.2) is 0 Å². The van der Waals surface area contributed by atoms with Gasteiger partial charge in [-0.25, -0.2) is 0 Å². The lowest BCUT2D eigenvalue weighted by Crippen LogP contribution is -2.50. The number of likely N-dealkylation sites (tertiary alicyclic amines) is 1. The molecule has 2 aliphatic rings. The summed E-state index contributed by atoms with van der Waals surface area (Å²) < 4.78 is 0. The minimum absolute atomic E-state index is 0.553. The van der Waals surface area contributed by atoms with E-state index < -0.39 is 0 Å². The lowest BCUT2D eigenvalue weighted by Gasteiger charge is -2.45. The van der Waals surface area contributed by atoms with E-state index in [1.165, 1.54) is 84.0 Å². The quantitative estimate of drug-likeness (QED) is 0.575. The van der Waals surface area contributed by atoms with Gasteiger partial charge in [-0.05, 0) is 63.5 Å². The summed E-state index contributed by atoms with van der Waals surface area (Å²) in [6, 6.07) is 0.782. The summed E-state index contributed by atoms with van der Waals surface area (Å²) in [6.07, 6.45) is 12.8. The normalized spacial score (nSPS) is 31.0. The van der Waals surface area contributed by atoms with Crippen molar-refractivity contribution in [2.24, 2.45) is 11.3 Å². The van der Waals surface area contributed by atoms with Crippen molar-refractivity contribution in [3.05, 3.63) is 0 Å². The van der Waals surface area contributed by atoms with Gasteiger partial charge < -0.3 is 5.32 Å². The van der Waals surface area contributed by atoms with Crippen LogP contribution in [0.1, 0.15) is 78.6 Å². The fourth-order valence-electron chi connectivity index (χ4n) is 4.47. The summed E-state index contributed by atoms with van der Waals surface area (Å²) in [6.45, 7) is 12.3. The Hall–Kier alpha value is -0.0800. The first-order valence-corrected chi connectivity index (χ1v) is 9.62. The Morgan fingerprint density at radius 3 is 2.43 bits per heavy atom. The van der Waals surface area contributed by atoms with Crippen molar-refractivity contribution in [2.75, 3.05) is 26.2 Å². The van der Waals surface area contributed by atoms with E-state index in [1.807, 2.05) is 0 Å². The molecule has 1 saturated carbocycles. The predicted octanol–water partition coefficient (Wildman–Crippen LogP) is 4.45. The van der Waals surface area contributed by atoms with Gasteiger partial charge in [-0.15, -0.1) is 0 Å². The van der Waals surface area contributed by atoms with Gasteiger partial charge in [-0.3, -0.25) is 4.90 Å². The highest BCUT2D eigenvalue weighted by Gasteiger charge is 2.35. The molecule has 2 nitrogen and oxygen atoms in total. The number of rotatable bonds is 6. The molecule has 2 rings (SSSR count). The van der Waals surface area contributed by atoms with E-state index in [-0.39, 0.29) is 0 Å². The Bertz CT molecular complexity index is 281. The van der Waals surface area contributed by atoms with Gasteiger partial charge in [-0.2, -0.15) is 0 Å². The molecule has 0 aromatic heterocycles. The molecule has 1 N–H and O–H groups in total. The fourth-order valence-corrected chi connectivity index (χ4v) is 4.47. The standard InChI is InChI=1S/C19H38N2/c1-4-13-20-15-19(11-7-5-6-8-12-19)16-21-14-9-10-17(2)18(21)3/h17-18,20H,4-16H2,1-3H3. The second-order valence-electron chi connectivity index (χ2n) is 7.92. The molecule has 2 heteroatoms. The first kappa shape index (κ1) is 17.3. The van der Waals surface area contributed by atoms with E-state index in [4.69, 9.17) is 0 Å². The summed E-state index contributed by atoms with van der Waals surface area (Å²) in [5.74, 6) is 0.880. The Morgan fingerprint density at radius 2 is 1.76 bits per heavy atom. The summed E-state index contributed by atoms with van der Waals surface area (Å²) in [7, 11) is 0. The Labute approximate surface area is 133 Å². The molecule has 1 aliphatic carbocycles. The number of nitrogens with one attached hydrogen (secondary N) is 1. The predicted molar refractivity (Wildman–Crippen MR) is 92.7 cm³/mol. The molecule has 2 atom stereocenters. The van der Waals surface area contributed by atoms with Crippen molar-refractivity contribution in [1.82, 2.24) is 10.2 Å². The second-order valence-corrected chi connectivity index (χ2v) is 7.92. The third kappa shape index (κ3) is 4.96. The lowest BCUT2D eigenvalue weighted by molar-refractivity contribution is 0.0508. The molecule has 2 fully saturated rings. The average Bonchev–Trinajstić information content (AvgIpc) is 2.70. The number of piperidine rings is 1. The van der Waals surface area contributed by atoms with Crippen LogP contribution < -0.4 is 5.32 Å². The molecule has 124 valence electrons. The zero-order valence-electron chi connectivity index (χ0n) is 14.8. The number of nitrogens with zero attached hydrogens (tertiary/aromatic N) is 1. The summed E-state index contributed by atoms with van der Waals surface area (Å²) in [5.41, 5.74) is 0.553. The Kier molecular flexibility index (Phi) is 7.01. The minimum atomic E-state index is 0.553. The van der Waals surface area contributed by atoms with Crippen LogP contribution in [0.4, 0.5) is 0 Å². The first-order chi connectivity index (χ1) is 10.2. The number of hydrogen-bond donors (Lipinski definition) is 1. The van der Waals surface area contributed by atoms with Crippen molar-refractivity contribution in [1.29, 1.82) is 0 Å². The van der Waals surface area contributed by atoms with Crippen LogP contribution in [0.25, 0.3) is 0 Å². The highest BCUT2D eigenvalue weighted by atomic mass is 15.2. The van der Waals surface area contributed by atoms with E-state index >= 15 is 0 Å². The van der Waals surface area contributed by atoms with Gasteiger partial charge in [0.1, 0.15) is 0 Å². The van der Waals surface area contributed by atoms with Crippen LogP contribution in [-0.4, -0.2) is 37.1 Å². The van der Waals surface area contributed by atoms with E-state index in [2.05, 4.69) is 31.0 Å². The molecule has 1 aliphatic heterocycles. The molecular weight excluding hydrogens is 256 g/mol. The summed E-state index contributed by atoms with van der Waals surface area (Å²) in [4.78, 5) is 2.83. The Morgan fingerprint density at radius 1 is 1.05 bits per heavy atom. The SMILES string of the molecule is CCCNCC1(CN2CCCC(C)C2C)CCCCCC1. The summed E-state index contributed by atoms with van der Waals surface area (Å²) >= 11 is 0.